The van der Waals surface area contributed by atoms with Gasteiger partial charge in [0.15, 0.2) is 6.10 Å². The fraction of sp³-hybridized carbons (Fsp3) is 0.273. The summed E-state index contributed by atoms with van der Waals surface area (Å²) in [5.74, 6) is -3.48. The quantitative estimate of drug-likeness (QED) is 0.664. The van der Waals surface area contributed by atoms with E-state index >= 15 is 0 Å². The van der Waals surface area contributed by atoms with E-state index in [-0.39, 0.29) is 19.8 Å². The second-order valence-electron chi connectivity index (χ2n) is 6.76. The van der Waals surface area contributed by atoms with Crippen LogP contribution < -0.4 is 4.90 Å². The molecule has 2 aromatic rings. The Labute approximate surface area is 178 Å². The van der Waals surface area contributed by atoms with Gasteiger partial charge in [-0.15, -0.1) is 0 Å². The Balaban J connectivity index is 1.68. The lowest BCUT2D eigenvalue weighted by atomic mass is 10.1. The highest BCUT2D eigenvalue weighted by Gasteiger charge is 2.42. The third kappa shape index (κ3) is 5.46. The Morgan fingerprint density at radius 3 is 2.42 bits per heavy atom. The van der Waals surface area contributed by atoms with Crippen molar-refractivity contribution in [3.05, 3.63) is 65.7 Å². The monoisotopic (exact) mass is 427 g/mol. The number of carbonyl (C=O) groups is 4. The van der Waals surface area contributed by atoms with Gasteiger partial charge in [0.25, 0.3) is 5.91 Å². The predicted molar refractivity (Wildman–Crippen MR) is 107 cm³/mol. The van der Waals surface area contributed by atoms with E-state index in [9.17, 15) is 24.3 Å². The average molecular weight is 427 g/mol. The Morgan fingerprint density at radius 1 is 1.13 bits per heavy atom. The van der Waals surface area contributed by atoms with Crippen molar-refractivity contribution in [3.8, 4) is 0 Å². The molecule has 0 bridgehead atoms. The maximum Gasteiger partial charge on any atom is 0.348 e. The van der Waals surface area contributed by atoms with Crippen LogP contribution in [0, 0.1) is 0 Å². The molecule has 2 atom stereocenters. The van der Waals surface area contributed by atoms with Gasteiger partial charge in [-0.05, 0) is 29.8 Å². The van der Waals surface area contributed by atoms with E-state index < -0.39 is 36.0 Å². The zero-order valence-electron chi connectivity index (χ0n) is 16.7. The summed E-state index contributed by atoms with van der Waals surface area (Å²) in [6, 6.07) is 15.4. The second kappa shape index (κ2) is 9.86. The van der Waals surface area contributed by atoms with Crippen molar-refractivity contribution in [1.82, 2.24) is 0 Å². The van der Waals surface area contributed by atoms with Crippen molar-refractivity contribution < 1.29 is 38.5 Å². The largest absolute Gasteiger partial charge is 0.478 e. The van der Waals surface area contributed by atoms with Crippen LogP contribution in [-0.2, 0) is 35.2 Å². The van der Waals surface area contributed by atoms with Crippen LogP contribution in [0.4, 0.5) is 5.69 Å². The molecule has 0 radical (unpaired) electrons. The lowest BCUT2D eigenvalue weighted by molar-refractivity contribution is -0.177. The minimum absolute atomic E-state index is 0.0579. The highest BCUT2D eigenvalue weighted by atomic mass is 16.6. The topological polar surface area (TPSA) is 119 Å². The van der Waals surface area contributed by atoms with Crippen LogP contribution in [0.5, 0.6) is 0 Å². The molecule has 162 valence electrons. The average Bonchev–Trinajstić information content (AvgIpc) is 2.77. The molecule has 0 aliphatic carbocycles. The molecule has 1 saturated heterocycles. The fourth-order valence-electron chi connectivity index (χ4n) is 3.08. The van der Waals surface area contributed by atoms with Crippen molar-refractivity contribution in [2.45, 2.75) is 25.7 Å². The highest BCUT2D eigenvalue weighted by molar-refractivity contribution is 6.01. The summed E-state index contributed by atoms with van der Waals surface area (Å²) in [4.78, 5) is 49.0. The minimum Gasteiger partial charge on any atom is -0.478 e. The predicted octanol–water partition coefficient (Wildman–Crippen LogP) is 1.79. The minimum atomic E-state index is -1.75. The van der Waals surface area contributed by atoms with Crippen molar-refractivity contribution in [2.24, 2.45) is 0 Å². The van der Waals surface area contributed by atoms with Crippen LogP contribution >= 0.6 is 0 Å². The SMILES string of the molecule is CC(=O)O[C@@H](C(=O)O)[C@H]1OCCN(c2ccc(C(=O)OCc3ccccc3)cc2)C1=O. The van der Waals surface area contributed by atoms with Crippen molar-refractivity contribution in [1.29, 1.82) is 0 Å². The van der Waals surface area contributed by atoms with Gasteiger partial charge in [0, 0.05) is 19.2 Å². The molecule has 1 N–H and O–H groups in total. The zero-order chi connectivity index (χ0) is 22.4. The highest BCUT2D eigenvalue weighted by Crippen LogP contribution is 2.22. The van der Waals surface area contributed by atoms with Crippen molar-refractivity contribution >= 4 is 29.5 Å². The molecule has 0 aromatic heterocycles. The van der Waals surface area contributed by atoms with Gasteiger partial charge in [0.2, 0.25) is 6.10 Å². The molecule has 31 heavy (non-hydrogen) atoms. The van der Waals surface area contributed by atoms with Crippen LogP contribution in [0.3, 0.4) is 0 Å². The number of carboxylic acid groups (broad SMARTS) is 1. The Kier molecular flexibility index (Phi) is 6.99. The Hall–Kier alpha value is -3.72. The molecule has 0 unspecified atom stereocenters. The van der Waals surface area contributed by atoms with Gasteiger partial charge in [-0.2, -0.15) is 0 Å². The number of ether oxygens (including phenoxy) is 3. The summed E-state index contributed by atoms with van der Waals surface area (Å²) in [6.45, 7) is 1.43. The first-order chi connectivity index (χ1) is 14.9. The van der Waals surface area contributed by atoms with Crippen LogP contribution in [0.1, 0.15) is 22.8 Å². The van der Waals surface area contributed by atoms with Crippen molar-refractivity contribution in [2.75, 3.05) is 18.1 Å². The van der Waals surface area contributed by atoms with Crippen molar-refractivity contribution in [3.63, 3.8) is 0 Å². The summed E-state index contributed by atoms with van der Waals surface area (Å²) >= 11 is 0. The molecule has 2 aromatic carbocycles. The number of anilines is 1. The van der Waals surface area contributed by atoms with Crippen LogP contribution in [-0.4, -0.2) is 54.3 Å². The van der Waals surface area contributed by atoms with E-state index in [1.807, 2.05) is 30.3 Å². The van der Waals surface area contributed by atoms with E-state index in [0.29, 0.717) is 11.3 Å². The van der Waals surface area contributed by atoms with Gasteiger partial charge in [0.1, 0.15) is 6.61 Å². The number of morpholine rings is 1. The van der Waals surface area contributed by atoms with Gasteiger partial charge >= 0.3 is 17.9 Å². The van der Waals surface area contributed by atoms with E-state index in [1.165, 1.54) is 17.0 Å². The molecule has 1 aliphatic heterocycles. The van der Waals surface area contributed by atoms with Crippen LogP contribution in [0.25, 0.3) is 0 Å². The molecule has 9 nitrogen and oxygen atoms in total. The number of benzene rings is 2. The molecule has 3 rings (SSSR count). The van der Waals surface area contributed by atoms with E-state index in [0.717, 1.165) is 12.5 Å². The maximum absolute atomic E-state index is 12.8. The standard InChI is InChI=1S/C22H21NO8/c1-14(24)31-19(21(26)27)18-20(25)23(11-12-29-18)17-9-7-16(8-10-17)22(28)30-13-15-5-3-2-4-6-15/h2-10,18-19H,11-13H2,1H3,(H,26,27)/t18-,19-/m1/s1. The molecule has 0 spiro atoms. The first-order valence-electron chi connectivity index (χ1n) is 9.51. The molecule has 1 fully saturated rings. The van der Waals surface area contributed by atoms with Gasteiger partial charge in [-0.3, -0.25) is 9.59 Å². The molecule has 1 amide bonds. The van der Waals surface area contributed by atoms with Gasteiger partial charge in [-0.25, -0.2) is 9.59 Å². The number of aliphatic carboxylic acids is 1. The molecular formula is C22H21NO8. The summed E-state index contributed by atoms with van der Waals surface area (Å²) < 4.78 is 15.3. The number of esters is 2. The van der Waals surface area contributed by atoms with Crippen LogP contribution in [0.15, 0.2) is 54.6 Å². The third-order valence-electron chi connectivity index (χ3n) is 4.56. The number of hydrogen-bond donors (Lipinski definition) is 1. The Morgan fingerprint density at radius 2 is 1.81 bits per heavy atom. The van der Waals surface area contributed by atoms with Gasteiger partial charge in [-0.1, -0.05) is 30.3 Å². The van der Waals surface area contributed by atoms with E-state index in [2.05, 4.69) is 0 Å². The smallest absolute Gasteiger partial charge is 0.348 e. The number of amides is 1. The molecule has 9 heteroatoms. The Bertz CT molecular complexity index is 957. The van der Waals surface area contributed by atoms with Gasteiger partial charge in [0.05, 0.1) is 12.2 Å². The third-order valence-corrected chi connectivity index (χ3v) is 4.56. The summed E-state index contributed by atoms with van der Waals surface area (Å²) in [5.41, 5.74) is 1.61. The summed E-state index contributed by atoms with van der Waals surface area (Å²) in [7, 11) is 0. The number of hydrogen-bond acceptors (Lipinski definition) is 7. The molecule has 1 heterocycles. The summed E-state index contributed by atoms with van der Waals surface area (Å²) in [5, 5.41) is 9.30. The number of nitrogens with zero attached hydrogens (tertiary/aromatic N) is 1. The lowest BCUT2D eigenvalue weighted by Crippen LogP contribution is -2.55. The fourth-order valence-corrected chi connectivity index (χ4v) is 3.08. The first kappa shape index (κ1) is 22.0. The second-order valence-corrected chi connectivity index (χ2v) is 6.76. The molecule has 1 aliphatic rings. The van der Waals surface area contributed by atoms with E-state index in [4.69, 9.17) is 14.2 Å². The molecular weight excluding hydrogens is 406 g/mol. The van der Waals surface area contributed by atoms with E-state index in [1.54, 1.807) is 12.1 Å². The lowest BCUT2D eigenvalue weighted by Gasteiger charge is -2.34. The number of carbonyl (C=O) groups excluding carboxylic acids is 3. The summed E-state index contributed by atoms with van der Waals surface area (Å²) in [6.07, 6.45) is -3.22. The number of carboxylic acids is 1. The number of rotatable bonds is 7. The van der Waals surface area contributed by atoms with Crippen LogP contribution in [0.2, 0.25) is 0 Å². The first-order valence-corrected chi connectivity index (χ1v) is 9.51. The van der Waals surface area contributed by atoms with Gasteiger partial charge < -0.3 is 24.2 Å². The molecule has 0 saturated carbocycles. The zero-order valence-corrected chi connectivity index (χ0v) is 16.7. The normalized spacial score (nSPS) is 17.0. The maximum atomic E-state index is 12.8.